The summed E-state index contributed by atoms with van der Waals surface area (Å²) < 4.78 is 5.22. The average molecular weight is 260 g/mol. The molecule has 0 aromatic heterocycles. The Kier molecular flexibility index (Phi) is 5.08. The minimum absolute atomic E-state index is 0.0785. The fourth-order valence-electron chi connectivity index (χ4n) is 1.77. The molecule has 0 fully saturated rings. The Bertz CT molecular complexity index is 489. The summed E-state index contributed by atoms with van der Waals surface area (Å²) in [6.45, 7) is 6.40. The number of nitrogens with zero attached hydrogens (tertiary/aromatic N) is 2. The van der Waals surface area contributed by atoms with Gasteiger partial charge in [-0.3, -0.25) is 4.79 Å². The van der Waals surface area contributed by atoms with E-state index in [4.69, 9.17) is 10.00 Å². The van der Waals surface area contributed by atoms with Crippen molar-refractivity contribution >= 4 is 5.91 Å². The molecule has 1 amide bonds. The summed E-state index contributed by atoms with van der Waals surface area (Å²) in [6, 6.07) is 9.47. The van der Waals surface area contributed by atoms with Crippen LogP contribution in [0.15, 0.2) is 24.3 Å². The van der Waals surface area contributed by atoms with Gasteiger partial charge in [0.1, 0.15) is 5.60 Å². The Morgan fingerprint density at radius 1 is 1.42 bits per heavy atom. The molecule has 1 aromatic carbocycles. The first-order chi connectivity index (χ1) is 8.96. The summed E-state index contributed by atoms with van der Waals surface area (Å²) in [4.78, 5) is 14.0. The predicted octanol–water partition coefficient (Wildman–Crippen LogP) is 2.33. The molecular weight excluding hydrogens is 240 g/mol. The van der Waals surface area contributed by atoms with Gasteiger partial charge in [0, 0.05) is 20.2 Å². The fourth-order valence-corrected chi connectivity index (χ4v) is 1.77. The lowest BCUT2D eigenvalue weighted by atomic mass is 10.1. The summed E-state index contributed by atoms with van der Waals surface area (Å²) >= 11 is 0. The fraction of sp³-hybridized carbons (Fsp3) is 0.467. The standard InChI is InChI=1S/C15H20N2O2/c1-5-17(14(18)15(2,3)19-4)11-13-9-7-6-8-12(13)10-16/h6-9H,5,11H2,1-4H3. The molecule has 0 aliphatic carbocycles. The molecule has 4 heteroatoms. The molecule has 1 rings (SSSR count). The Labute approximate surface area is 114 Å². The summed E-state index contributed by atoms with van der Waals surface area (Å²) in [6.07, 6.45) is 0. The van der Waals surface area contributed by atoms with Gasteiger partial charge in [-0.25, -0.2) is 0 Å². The summed E-state index contributed by atoms with van der Waals surface area (Å²) in [5.41, 5.74) is 0.605. The van der Waals surface area contributed by atoms with Crippen molar-refractivity contribution in [2.75, 3.05) is 13.7 Å². The number of rotatable bonds is 5. The molecule has 0 saturated carbocycles. The van der Waals surface area contributed by atoms with Gasteiger partial charge >= 0.3 is 0 Å². The normalized spacial score (nSPS) is 10.9. The van der Waals surface area contributed by atoms with Crippen LogP contribution < -0.4 is 0 Å². The highest BCUT2D eigenvalue weighted by molar-refractivity contribution is 5.84. The third-order valence-electron chi connectivity index (χ3n) is 3.19. The number of nitriles is 1. The molecule has 19 heavy (non-hydrogen) atoms. The highest BCUT2D eigenvalue weighted by Gasteiger charge is 2.31. The van der Waals surface area contributed by atoms with Gasteiger partial charge in [0.2, 0.25) is 0 Å². The number of ether oxygens (including phenoxy) is 1. The molecule has 0 radical (unpaired) electrons. The largest absolute Gasteiger partial charge is 0.369 e. The number of methoxy groups -OCH3 is 1. The van der Waals surface area contributed by atoms with Gasteiger partial charge < -0.3 is 9.64 Å². The van der Waals surface area contributed by atoms with Crippen molar-refractivity contribution in [1.82, 2.24) is 4.90 Å². The van der Waals surface area contributed by atoms with E-state index in [0.717, 1.165) is 5.56 Å². The van der Waals surface area contributed by atoms with Crippen LogP contribution in [-0.2, 0) is 16.1 Å². The lowest BCUT2D eigenvalue weighted by Crippen LogP contribution is -2.46. The van der Waals surface area contributed by atoms with E-state index in [1.807, 2.05) is 25.1 Å². The molecule has 0 saturated heterocycles. The van der Waals surface area contributed by atoms with Gasteiger partial charge in [-0.1, -0.05) is 18.2 Å². The molecule has 0 heterocycles. The number of likely N-dealkylation sites (N-methyl/N-ethyl adjacent to an activating group) is 1. The summed E-state index contributed by atoms with van der Waals surface area (Å²) in [5, 5.41) is 9.07. The van der Waals surface area contributed by atoms with E-state index < -0.39 is 5.60 Å². The van der Waals surface area contributed by atoms with E-state index in [2.05, 4.69) is 6.07 Å². The number of benzene rings is 1. The monoisotopic (exact) mass is 260 g/mol. The Morgan fingerprint density at radius 3 is 2.58 bits per heavy atom. The summed E-state index contributed by atoms with van der Waals surface area (Å²) in [5.74, 6) is -0.0785. The smallest absolute Gasteiger partial charge is 0.254 e. The average Bonchev–Trinajstić information content (AvgIpc) is 2.44. The van der Waals surface area contributed by atoms with Crippen molar-refractivity contribution in [3.05, 3.63) is 35.4 Å². The van der Waals surface area contributed by atoms with Crippen LogP contribution >= 0.6 is 0 Å². The Balaban J connectivity index is 2.95. The van der Waals surface area contributed by atoms with Crippen LogP contribution in [0.5, 0.6) is 0 Å². The van der Waals surface area contributed by atoms with Crippen molar-refractivity contribution in [1.29, 1.82) is 5.26 Å². The zero-order chi connectivity index (χ0) is 14.5. The van der Waals surface area contributed by atoms with Gasteiger partial charge in [-0.2, -0.15) is 5.26 Å². The van der Waals surface area contributed by atoms with Crippen molar-refractivity contribution in [3.8, 4) is 6.07 Å². The molecule has 102 valence electrons. The molecule has 0 unspecified atom stereocenters. The zero-order valence-corrected chi connectivity index (χ0v) is 11.9. The zero-order valence-electron chi connectivity index (χ0n) is 11.9. The number of carbonyl (C=O) groups excluding carboxylic acids is 1. The maximum absolute atomic E-state index is 12.3. The number of hydrogen-bond acceptors (Lipinski definition) is 3. The predicted molar refractivity (Wildman–Crippen MR) is 73.3 cm³/mol. The molecule has 0 bridgehead atoms. The van der Waals surface area contributed by atoms with Gasteiger partial charge in [-0.05, 0) is 32.4 Å². The molecule has 0 spiro atoms. The Morgan fingerprint density at radius 2 is 2.05 bits per heavy atom. The van der Waals surface area contributed by atoms with Crippen LogP contribution in [0.4, 0.5) is 0 Å². The van der Waals surface area contributed by atoms with Crippen molar-refractivity contribution in [3.63, 3.8) is 0 Å². The van der Waals surface area contributed by atoms with Gasteiger partial charge in [0.05, 0.1) is 11.6 Å². The van der Waals surface area contributed by atoms with Crippen LogP contribution in [0.3, 0.4) is 0 Å². The molecule has 1 aromatic rings. The second kappa shape index (κ2) is 6.35. The van der Waals surface area contributed by atoms with E-state index in [1.165, 1.54) is 7.11 Å². The van der Waals surface area contributed by atoms with E-state index in [0.29, 0.717) is 18.7 Å². The van der Waals surface area contributed by atoms with Crippen LogP contribution in [0.25, 0.3) is 0 Å². The number of hydrogen-bond donors (Lipinski definition) is 0. The maximum atomic E-state index is 12.3. The first-order valence-corrected chi connectivity index (χ1v) is 6.28. The lowest BCUT2D eigenvalue weighted by molar-refractivity contribution is -0.151. The summed E-state index contributed by atoms with van der Waals surface area (Å²) in [7, 11) is 1.52. The van der Waals surface area contributed by atoms with E-state index >= 15 is 0 Å². The second-order valence-corrected chi connectivity index (χ2v) is 4.80. The van der Waals surface area contributed by atoms with Crippen LogP contribution in [0.2, 0.25) is 0 Å². The van der Waals surface area contributed by atoms with Crippen molar-refractivity contribution in [2.24, 2.45) is 0 Å². The van der Waals surface area contributed by atoms with E-state index in [9.17, 15) is 4.79 Å². The number of amides is 1. The lowest BCUT2D eigenvalue weighted by Gasteiger charge is -2.30. The van der Waals surface area contributed by atoms with Crippen molar-refractivity contribution < 1.29 is 9.53 Å². The van der Waals surface area contributed by atoms with Gasteiger partial charge in [0.25, 0.3) is 5.91 Å². The second-order valence-electron chi connectivity index (χ2n) is 4.80. The van der Waals surface area contributed by atoms with Gasteiger partial charge in [0.15, 0.2) is 0 Å². The molecule has 0 aliphatic rings. The highest BCUT2D eigenvalue weighted by atomic mass is 16.5. The van der Waals surface area contributed by atoms with E-state index in [1.54, 1.807) is 24.8 Å². The maximum Gasteiger partial charge on any atom is 0.254 e. The third-order valence-corrected chi connectivity index (χ3v) is 3.19. The quantitative estimate of drug-likeness (QED) is 0.816. The first-order valence-electron chi connectivity index (χ1n) is 6.28. The van der Waals surface area contributed by atoms with Crippen molar-refractivity contribution in [2.45, 2.75) is 32.9 Å². The first kappa shape index (κ1) is 15.2. The molecule has 0 atom stereocenters. The third kappa shape index (κ3) is 3.55. The Hall–Kier alpha value is -1.86. The molecular formula is C15H20N2O2. The van der Waals surface area contributed by atoms with Gasteiger partial charge in [-0.15, -0.1) is 0 Å². The topological polar surface area (TPSA) is 53.3 Å². The molecule has 0 aliphatic heterocycles. The van der Waals surface area contributed by atoms with Crippen LogP contribution in [0, 0.1) is 11.3 Å². The van der Waals surface area contributed by atoms with E-state index in [-0.39, 0.29) is 5.91 Å². The van der Waals surface area contributed by atoms with Crippen LogP contribution in [-0.4, -0.2) is 30.1 Å². The minimum atomic E-state index is -0.850. The number of carbonyl (C=O) groups is 1. The van der Waals surface area contributed by atoms with Crippen LogP contribution in [0.1, 0.15) is 31.9 Å². The highest BCUT2D eigenvalue weighted by Crippen LogP contribution is 2.16. The minimum Gasteiger partial charge on any atom is -0.369 e. The molecule has 4 nitrogen and oxygen atoms in total. The molecule has 0 N–H and O–H groups in total. The SMILES string of the molecule is CCN(Cc1ccccc1C#N)C(=O)C(C)(C)OC.